The number of carboxylic acids is 1. The summed E-state index contributed by atoms with van der Waals surface area (Å²) >= 11 is 7.29. The number of benzene rings is 1. The maximum atomic E-state index is 10.9. The van der Waals surface area contributed by atoms with Gasteiger partial charge in [0.05, 0.1) is 0 Å². The maximum Gasteiger partial charge on any atom is 0.345 e. The van der Waals surface area contributed by atoms with Gasteiger partial charge in [0.1, 0.15) is 4.88 Å². The number of thiophene rings is 1. The van der Waals surface area contributed by atoms with Gasteiger partial charge in [-0.1, -0.05) is 23.7 Å². The summed E-state index contributed by atoms with van der Waals surface area (Å²) in [6.07, 6.45) is 0. The highest BCUT2D eigenvalue weighted by molar-refractivity contribution is 7.14. The van der Waals surface area contributed by atoms with Crippen molar-refractivity contribution in [3.8, 4) is 0 Å². The number of carboxylic acid groups (broad SMARTS) is 1. The summed E-state index contributed by atoms with van der Waals surface area (Å²) in [6.45, 7) is 4.65. The Morgan fingerprint density at radius 1 is 1.45 bits per heavy atom. The third-order valence-electron chi connectivity index (χ3n) is 3.18. The molecule has 5 heteroatoms. The fraction of sp³-hybridized carbons (Fsp3) is 0.267. The van der Waals surface area contributed by atoms with E-state index in [0.717, 1.165) is 21.0 Å². The minimum atomic E-state index is -0.868. The molecule has 1 aromatic heterocycles. The van der Waals surface area contributed by atoms with Crippen molar-refractivity contribution in [1.29, 1.82) is 0 Å². The lowest BCUT2D eigenvalue weighted by Crippen LogP contribution is -2.18. The van der Waals surface area contributed by atoms with Crippen molar-refractivity contribution in [2.45, 2.75) is 26.4 Å². The number of hydrogen-bond donors (Lipinski definition) is 2. The van der Waals surface area contributed by atoms with Gasteiger partial charge in [0, 0.05) is 22.5 Å². The average Bonchev–Trinajstić information content (AvgIpc) is 2.77. The van der Waals surface area contributed by atoms with Crippen LogP contribution in [-0.4, -0.2) is 11.1 Å². The molecule has 0 aliphatic rings. The Hall–Kier alpha value is -1.36. The SMILES string of the molecule is Cc1sc(C(=O)O)cc1CNC(C)c1cccc(Cl)c1. The Balaban J connectivity index is 2.03. The van der Waals surface area contributed by atoms with E-state index in [1.54, 1.807) is 6.07 Å². The topological polar surface area (TPSA) is 49.3 Å². The summed E-state index contributed by atoms with van der Waals surface area (Å²) in [7, 11) is 0. The van der Waals surface area contributed by atoms with E-state index in [2.05, 4.69) is 12.2 Å². The van der Waals surface area contributed by atoms with Crippen LogP contribution in [0.25, 0.3) is 0 Å². The first-order valence-electron chi connectivity index (χ1n) is 6.29. The normalized spacial score (nSPS) is 12.3. The summed E-state index contributed by atoms with van der Waals surface area (Å²) in [5.41, 5.74) is 2.14. The monoisotopic (exact) mass is 309 g/mol. The number of carbonyl (C=O) groups is 1. The molecule has 1 aromatic carbocycles. The first-order chi connectivity index (χ1) is 9.47. The van der Waals surface area contributed by atoms with Crippen LogP contribution in [0.1, 0.15) is 38.6 Å². The van der Waals surface area contributed by atoms with Crippen LogP contribution in [0.3, 0.4) is 0 Å². The molecule has 2 N–H and O–H groups in total. The van der Waals surface area contributed by atoms with E-state index in [4.69, 9.17) is 16.7 Å². The largest absolute Gasteiger partial charge is 0.477 e. The van der Waals surface area contributed by atoms with Crippen LogP contribution in [-0.2, 0) is 6.54 Å². The zero-order chi connectivity index (χ0) is 14.7. The first-order valence-corrected chi connectivity index (χ1v) is 7.48. The molecule has 0 bridgehead atoms. The summed E-state index contributed by atoms with van der Waals surface area (Å²) in [5, 5.41) is 13.1. The predicted octanol–water partition coefficient (Wildman–Crippen LogP) is 4.26. The minimum Gasteiger partial charge on any atom is -0.477 e. The first kappa shape index (κ1) is 15.0. The molecule has 1 heterocycles. The molecule has 2 rings (SSSR count). The molecular formula is C15H16ClNO2S. The van der Waals surface area contributed by atoms with Gasteiger partial charge in [-0.3, -0.25) is 0 Å². The van der Waals surface area contributed by atoms with Crippen LogP contribution in [0.5, 0.6) is 0 Å². The molecule has 0 spiro atoms. The fourth-order valence-electron chi connectivity index (χ4n) is 1.96. The molecule has 0 fully saturated rings. The quantitative estimate of drug-likeness (QED) is 0.867. The fourth-order valence-corrected chi connectivity index (χ4v) is 3.04. The number of aryl methyl sites for hydroxylation is 1. The Labute approximate surface area is 127 Å². The lowest BCUT2D eigenvalue weighted by atomic mass is 10.1. The van der Waals surface area contributed by atoms with Crippen LogP contribution in [0, 0.1) is 6.92 Å². The lowest BCUT2D eigenvalue weighted by Gasteiger charge is -2.14. The lowest BCUT2D eigenvalue weighted by molar-refractivity contribution is 0.0702. The molecule has 0 saturated heterocycles. The van der Waals surface area contributed by atoms with Gasteiger partial charge in [-0.2, -0.15) is 0 Å². The second-order valence-corrected chi connectivity index (χ2v) is 6.35. The van der Waals surface area contributed by atoms with E-state index in [0.29, 0.717) is 11.4 Å². The van der Waals surface area contributed by atoms with Crippen LogP contribution in [0.4, 0.5) is 0 Å². The van der Waals surface area contributed by atoms with E-state index < -0.39 is 5.97 Å². The minimum absolute atomic E-state index is 0.154. The predicted molar refractivity (Wildman–Crippen MR) is 82.7 cm³/mol. The van der Waals surface area contributed by atoms with Gasteiger partial charge in [-0.25, -0.2) is 4.79 Å². The van der Waals surface area contributed by atoms with Crippen molar-refractivity contribution in [1.82, 2.24) is 5.32 Å². The van der Waals surface area contributed by atoms with E-state index >= 15 is 0 Å². The smallest absolute Gasteiger partial charge is 0.345 e. The highest BCUT2D eigenvalue weighted by atomic mass is 35.5. The van der Waals surface area contributed by atoms with Gasteiger partial charge in [-0.05, 0) is 43.2 Å². The summed E-state index contributed by atoms with van der Waals surface area (Å²) < 4.78 is 0. The number of hydrogen-bond acceptors (Lipinski definition) is 3. The second-order valence-electron chi connectivity index (χ2n) is 4.65. The average molecular weight is 310 g/mol. The zero-order valence-corrected chi connectivity index (χ0v) is 12.9. The highest BCUT2D eigenvalue weighted by Crippen LogP contribution is 2.23. The molecule has 1 unspecified atom stereocenters. The van der Waals surface area contributed by atoms with Gasteiger partial charge in [0.15, 0.2) is 0 Å². The number of rotatable bonds is 5. The molecule has 0 saturated carbocycles. The van der Waals surface area contributed by atoms with Gasteiger partial charge >= 0.3 is 5.97 Å². The Morgan fingerprint density at radius 2 is 2.20 bits per heavy atom. The molecule has 2 aromatic rings. The van der Waals surface area contributed by atoms with Gasteiger partial charge in [-0.15, -0.1) is 11.3 Å². The van der Waals surface area contributed by atoms with Crippen molar-refractivity contribution < 1.29 is 9.90 Å². The summed E-state index contributed by atoms with van der Waals surface area (Å²) in [6, 6.07) is 9.62. The molecule has 106 valence electrons. The van der Waals surface area contributed by atoms with Gasteiger partial charge in [0.2, 0.25) is 0 Å². The molecular weight excluding hydrogens is 294 g/mol. The Kier molecular flexibility index (Phi) is 4.81. The van der Waals surface area contributed by atoms with E-state index in [9.17, 15) is 4.79 Å². The highest BCUT2D eigenvalue weighted by Gasteiger charge is 2.12. The van der Waals surface area contributed by atoms with Crippen molar-refractivity contribution in [2.75, 3.05) is 0 Å². The summed E-state index contributed by atoms with van der Waals surface area (Å²) in [5.74, 6) is -0.868. The van der Waals surface area contributed by atoms with Crippen molar-refractivity contribution in [2.24, 2.45) is 0 Å². The van der Waals surface area contributed by atoms with Crippen molar-refractivity contribution in [3.63, 3.8) is 0 Å². The zero-order valence-electron chi connectivity index (χ0n) is 11.3. The van der Waals surface area contributed by atoms with E-state index in [1.807, 2.05) is 31.2 Å². The molecule has 1 atom stereocenters. The molecule has 0 aliphatic heterocycles. The standard InChI is InChI=1S/C15H16ClNO2S/c1-9(11-4-3-5-13(16)6-11)17-8-12-7-14(15(18)19)20-10(12)2/h3-7,9,17H,8H2,1-2H3,(H,18,19). The molecule has 0 aliphatic carbocycles. The Bertz CT molecular complexity index is 624. The van der Waals surface area contributed by atoms with Gasteiger partial charge < -0.3 is 10.4 Å². The number of halogens is 1. The van der Waals surface area contributed by atoms with E-state index in [1.165, 1.54) is 11.3 Å². The molecule has 0 radical (unpaired) electrons. The third-order valence-corrected chi connectivity index (χ3v) is 4.49. The van der Waals surface area contributed by atoms with E-state index in [-0.39, 0.29) is 6.04 Å². The molecule has 0 amide bonds. The number of aromatic carboxylic acids is 1. The van der Waals surface area contributed by atoms with Crippen LogP contribution in [0.2, 0.25) is 5.02 Å². The van der Waals surface area contributed by atoms with Crippen LogP contribution in [0.15, 0.2) is 30.3 Å². The number of nitrogens with one attached hydrogen (secondary N) is 1. The Morgan fingerprint density at radius 3 is 2.80 bits per heavy atom. The molecule has 20 heavy (non-hydrogen) atoms. The van der Waals surface area contributed by atoms with Gasteiger partial charge in [0.25, 0.3) is 0 Å². The maximum absolute atomic E-state index is 10.9. The van der Waals surface area contributed by atoms with Crippen molar-refractivity contribution in [3.05, 3.63) is 56.2 Å². The third kappa shape index (κ3) is 3.60. The second kappa shape index (κ2) is 6.39. The molecule has 3 nitrogen and oxygen atoms in total. The van der Waals surface area contributed by atoms with Crippen molar-refractivity contribution >= 4 is 28.9 Å². The van der Waals surface area contributed by atoms with Crippen LogP contribution < -0.4 is 5.32 Å². The summed E-state index contributed by atoms with van der Waals surface area (Å²) in [4.78, 5) is 12.4. The van der Waals surface area contributed by atoms with Crippen LogP contribution >= 0.6 is 22.9 Å².